The second kappa shape index (κ2) is 9.46. The van der Waals surface area contributed by atoms with Gasteiger partial charge >= 0.3 is 0 Å². The van der Waals surface area contributed by atoms with E-state index in [1.165, 1.54) is 0 Å². The van der Waals surface area contributed by atoms with E-state index in [1.807, 2.05) is 45.0 Å². The van der Waals surface area contributed by atoms with Crippen LogP contribution in [0.3, 0.4) is 0 Å². The molecule has 30 heavy (non-hydrogen) atoms. The molecule has 6 heteroatoms. The van der Waals surface area contributed by atoms with E-state index in [9.17, 15) is 9.59 Å². The van der Waals surface area contributed by atoms with Crippen LogP contribution in [0.1, 0.15) is 27.0 Å². The lowest BCUT2D eigenvalue weighted by molar-refractivity contribution is -0.118. The van der Waals surface area contributed by atoms with E-state index < -0.39 is 0 Å². The lowest BCUT2D eigenvalue weighted by Gasteiger charge is -2.10. The van der Waals surface area contributed by atoms with Gasteiger partial charge in [-0.15, -0.1) is 0 Å². The lowest BCUT2D eigenvalue weighted by Crippen LogP contribution is -2.20. The molecule has 0 unspecified atom stereocenters. The first-order valence-electron chi connectivity index (χ1n) is 9.49. The number of rotatable bonds is 6. The molecular formula is C24H23ClN2O3. The average Bonchev–Trinajstić information content (AvgIpc) is 2.71. The van der Waals surface area contributed by atoms with E-state index in [0.717, 1.165) is 22.4 Å². The van der Waals surface area contributed by atoms with Gasteiger partial charge in [0, 0.05) is 22.0 Å². The summed E-state index contributed by atoms with van der Waals surface area (Å²) in [5, 5.41) is 6.22. The third-order valence-corrected chi connectivity index (χ3v) is 4.98. The van der Waals surface area contributed by atoms with Crippen LogP contribution in [0.4, 0.5) is 11.4 Å². The summed E-state index contributed by atoms with van der Waals surface area (Å²) < 4.78 is 5.50. The summed E-state index contributed by atoms with van der Waals surface area (Å²) >= 11 is 6.06. The van der Waals surface area contributed by atoms with Gasteiger partial charge in [0.2, 0.25) is 0 Å². The van der Waals surface area contributed by atoms with E-state index in [1.54, 1.807) is 36.4 Å². The van der Waals surface area contributed by atoms with Gasteiger partial charge in [-0.25, -0.2) is 0 Å². The molecule has 0 bridgehead atoms. The van der Waals surface area contributed by atoms with Crippen molar-refractivity contribution in [2.75, 3.05) is 17.2 Å². The Kier molecular flexibility index (Phi) is 6.75. The molecule has 3 aromatic rings. The Morgan fingerprint density at radius 1 is 0.867 bits per heavy atom. The molecule has 154 valence electrons. The van der Waals surface area contributed by atoms with Gasteiger partial charge in [0.25, 0.3) is 11.8 Å². The number of hydrogen-bond donors (Lipinski definition) is 2. The van der Waals surface area contributed by atoms with Crippen LogP contribution in [0.2, 0.25) is 5.02 Å². The van der Waals surface area contributed by atoms with E-state index in [-0.39, 0.29) is 18.4 Å². The van der Waals surface area contributed by atoms with Crippen LogP contribution in [0, 0.1) is 20.8 Å². The van der Waals surface area contributed by atoms with E-state index >= 15 is 0 Å². The molecule has 0 aromatic heterocycles. The third kappa shape index (κ3) is 5.61. The molecular weight excluding hydrogens is 400 g/mol. The number of halogens is 1. The number of benzene rings is 3. The first-order chi connectivity index (χ1) is 14.3. The Hall–Kier alpha value is -3.31. The van der Waals surface area contributed by atoms with Crippen molar-refractivity contribution in [3.05, 3.63) is 87.9 Å². The Labute approximate surface area is 181 Å². The summed E-state index contributed by atoms with van der Waals surface area (Å²) in [7, 11) is 0. The Morgan fingerprint density at radius 2 is 1.60 bits per heavy atom. The van der Waals surface area contributed by atoms with Gasteiger partial charge in [-0.1, -0.05) is 35.4 Å². The van der Waals surface area contributed by atoms with Gasteiger partial charge in [-0.2, -0.15) is 0 Å². The van der Waals surface area contributed by atoms with Crippen molar-refractivity contribution in [1.82, 2.24) is 0 Å². The van der Waals surface area contributed by atoms with E-state index in [4.69, 9.17) is 16.3 Å². The quantitative estimate of drug-likeness (QED) is 0.548. The van der Waals surface area contributed by atoms with Crippen LogP contribution in [-0.2, 0) is 4.79 Å². The fourth-order valence-electron chi connectivity index (χ4n) is 2.87. The van der Waals surface area contributed by atoms with Crippen molar-refractivity contribution < 1.29 is 14.3 Å². The van der Waals surface area contributed by atoms with Crippen LogP contribution in [0.25, 0.3) is 0 Å². The van der Waals surface area contributed by atoms with Gasteiger partial charge < -0.3 is 15.4 Å². The van der Waals surface area contributed by atoms with Crippen molar-refractivity contribution in [2.45, 2.75) is 20.8 Å². The molecule has 3 aromatic carbocycles. The summed E-state index contributed by atoms with van der Waals surface area (Å²) in [5.41, 5.74) is 4.97. The fourth-order valence-corrected chi connectivity index (χ4v) is 3.05. The van der Waals surface area contributed by atoms with Gasteiger partial charge in [-0.05, 0) is 74.4 Å². The molecule has 5 nitrogen and oxygen atoms in total. The molecule has 0 atom stereocenters. The highest BCUT2D eigenvalue weighted by Gasteiger charge is 2.09. The Bertz CT molecular complexity index is 1080. The average molecular weight is 423 g/mol. The maximum Gasteiger partial charge on any atom is 0.262 e. The number of carbonyl (C=O) groups excluding carboxylic acids is 2. The molecule has 2 amide bonds. The zero-order valence-corrected chi connectivity index (χ0v) is 17.8. The topological polar surface area (TPSA) is 67.4 Å². The molecule has 0 saturated carbocycles. The van der Waals surface area contributed by atoms with Crippen molar-refractivity contribution in [2.24, 2.45) is 0 Å². The molecule has 0 aliphatic carbocycles. The maximum absolute atomic E-state index is 12.5. The van der Waals surface area contributed by atoms with Crippen LogP contribution in [-0.4, -0.2) is 18.4 Å². The number of amides is 2. The van der Waals surface area contributed by atoms with Crippen LogP contribution in [0.5, 0.6) is 5.75 Å². The number of aryl methyl sites for hydroxylation is 3. The van der Waals surface area contributed by atoms with Crippen molar-refractivity contribution in [3.63, 3.8) is 0 Å². The molecule has 0 heterocycles. The Morgan fingerprint density at radius 3 is 2.27 bits per heavy atom. The number of carbonyl (C=O) groups is 2. The van der Waals surface area contributed by atoms with E-state index in [0.29, 0.717) is 22.0 Å². The monoisotopic (exact) mass is 422 g/mol. The van der Waals surface area contributed by atoms with Gasteiger partial charge in [-0.3, -0.25) is 9.59 Å². The number of hydrogen-bond acceptors (Lipinski definition) is 3. The largest absolute Gasteiger partial charge is 0.484 e. The van der Waals surface area contributed by atoms with Gasteiger partial charge in [0.05, 0.1) is 0 Å². The zero-order chi connectivity index (χ0) is 21.7. The first-order valence-corrected chi connectivity index (χ1v) is 9.87. The molecule has 0 saturated heterocycles. The maximum atomic E-state index is 12.5. The highest BCUT2D eigenvalue weighted by molar-refractivity contribution is 6.31. The number of anilines is 2. The molecule has 0 aliphatic rings. The highest BCUT2D eigenvalue weighted by atomic mass is 35.5. The van der Waals surface area contributed by atoms with Crippen LogP contribution >= 0.6 is 11.6 Å². The number of nitrogens with one attached hydrogen (secondary N) is 2. The molecule has 0 aliphatic heterocycles. The minimum Gasteiger partial charge on any atom is -0.484 e. The van der Waals surface area contributed by atoms with Crippen LogP contribution < -0.4 is 15.4 Å². The number of ether oxygens (including phenoxy) is 1. The van der Waals surface area contributed by atoms with Crippen molar-refractivity contribution in [1.29, 1.82) is 0 Å². The second-order valence-electron chi connectivity index (χ2n) is 7.10. The molecule has 0 fully saturated rings. The molecule has 0 radical (unpaired) electrons. The summed E-state index contributed by atoms with van der Waals surface area (Å²) in [6.07, 6.45) is 0. The SMILES string of the molecule is Cc1ccc(NC(=O)c2ccc(OCC(=O)Nc3ccc(C)c(Cl)c3)cc2)c(C)c1. The second-order valence-corrected chi connectivity index (χ2v) is 7.50. The predicted molar refractivity (Wildman–Crippen MR) is 121 cm³/mol. The van der Waals surface area contributed by atoms with Gasteiger partial charge in [0.15, 0.2) is 6.61 Å². The van der Waals surface area contributed by atoms with Crippen LogP contribution in [0.15, 0.2) is 60.7 Å². The summed E-state index contributed by atoms with van der Waals surface area (Å²) in [5.74, 6) is -0.00997. The molecule has 0 spiro atoms. The lowest BCUT2D eigenvalue weighted by atomic mass is 10.1. The standard InChI is InChI=1S/C24H23ClN2O3/c1-15-4-11-22(17(3)12-15)27-24(29)18-6-9-20(10-7-18)30-14-23(28)26-19-8-5-16(2)21(25)13-19/h4-13H,14H2,1-3H3,(H,26,28)(H,27,29). The van der Waals surface area contributed by atoms with E-state index in [2.05, 4.69) is 10.6 Å². The van der Waals surface area contributed by atoms with Gasteiger partial charge in [0.1, 0.15) is 5.75 Å². The highest BCUT2D eigenvalue weighted by Crippen LogP contribution is 2.20. The predicted octanol–water partition coefficient (Wildman–Crippen LogP) is 5.54. The molecule has 2 N–H and O–H groups in total. The smallest absolute Gasteiger partial charge is 0.262 e. The first kappa shape index (κ1) is 21.4. The molecule has 3 rings (SSSR count). The normalized spacial score (nSPS) is 10.4. The minimum absolute atomic E-state index is 0.153. The zero-order valence-electron chi connectivity index (χ0n) is 17.1. The summed E-state index contributed by atoms with van der Waals surface area (Å²) in [6.45, 7) is 5.70. The van der Waals surface area contributed by atoms with Crippen molar-refractivity contribution in [3.8, 4) is 5.75 Å². The Balaban J connectivity index is 1.54. The minimum atomic E-state index is -0.299. The van der Waals surface area contributed by atoms with Crippen molar-refractivity contribution >= 4 is 34.8 Å². The third-order valence-electron chi connectivity index (χ3n) is 4.57. The summed E-state index contributed by atoms with van der Waals surface area (Å²) in [4.78, 5) is 24.5. The summed E-state index contributed by atoms with van der Waals surface area (Å²) in [6, 6.07) is 17.8. The fraction of sp³-hybridized carbons (Fsp3) is 0.167.